The van der Waals surface area contributed by atoms with Gasteiger partial charge in [-0.2, -0.15) is 0 Å². The number of hydrogen-bond acceptors (Lipinski definition) is 5. The highest BCUT2D eigenvalue weighted by atomic mass is 16.3. The van der Waals surface area contributed by atoms with Gasteiger partial charge < -0.3 is 10.0 Å². The normalized spacial score (nSPS) is 21.8. The Bertz CT molecular complexity index is 849. The predicted molar refractivity (Wildman–Crippen MR) is 117 cm³/mol. The zero-order valence-corrected chi connectivity index (χ0v) is 18.2. The third kappa shape index (κ3) is 3.91. The van der Waals surface area contributed by atoms with Gasteiger partial charge in [0, 0.05) is 38.8 Å². The molecule has 30 heavy (non-hydrogen) atoms. The van der Waals surface area contributed by atoms with Crippen molar-refractivity contribution in [3.63, 3.8) is 0 Å². The fourth-order valence-electron chi connectivity index (χ4n) is 4.99. The standard InChI is InChI=1S/C24H33N3O3/c1-17-8-9-19(16-18(17)2)21-22(26-12-10-25(11-13-26)14-15-28)24(30)27(23(21)29)20-6-4-3-5-7-20/h8-9,16,20,28H,3-7,10-15H2,1-2H3. The van der Waals surface area contributed by atoms with Gasteiger partial charge >= 0.3 is 0 Å². The molecule has 3 aliphatic rings. The quantitative estimate of drug-likeness (QED) is 0.754. The monoisotopic (exact) mass is 411 g/mol. The molecule has 162 valence electrons. The van der Waals surface area contributed by atoms with E-state index in [1.807, 2.05) is 25.1 Å². The molecule has 1 aliphatic carbocycles. The van der Waals surface area contributed by atoms with Crippen LogP contribution in [-0.4, -0.2) is 77.0 Å². The lowest BCUT2D eigenvalue weighted by Gasteiger charge is -2.36. The molecule has 2 fully saturated rings. The largest absolute Gasteiger partial charge is 0.395 e. The number of amides is 2. The van der Waals surface area contributed by atoms with E-state index >= 15 is 0 Å². The molecule has 6 heteroatoms. The zero-order chi connectivity index (χ0) is 21.3. The van der Waals surface area contributed by atoms with Crippen molar-refractivity contribution in [2.75, 3.05) is 39.3 Å². The average Bonchev–Trinajstić information content (AvgIpc) is 3.01. The number of carbonyl (C=O) groups excluding carboxylic acids is 2. The number of imide groups is 1. The van der Waals surface area contributed by atoms with Crippen molar-refractivity contribution < 1.29 is 14.7 Å². The molecule has 2 aliphatic heterocycles. The van der Waals surface area contributed by atoms with Crippen molar-refractivity contribution in [2.45, 2.75) is 52.0 Å². The summed E-state index contributed by atoms with van der Waals surface area (Å²) < 4.78 is 0. The van der Waals surface area contributed by atoms with Crippen LogP contribution in [0.5, 0.6) is 0 Å². The van der Waals surface area contributed by atoms with Crippen molar-refractivity contribution in [1.29, 1.82) is 0 Å². The molecule has 6 nitrogen and oxygen atoms in total. The van der Waals surface area contributed by atoms with Gasteiger partial charge in [0.05, 0.1) is 12.2 Å². The lowest BCUT2D eigenvalue weighted by Crippen LogP contribution is -2.49. The van der Waals surface area contributed by atoms with Crippen LogP contribution >= 0.6 is 0 Å². The molecule has 2 heterocycles. The van der Waals surface area contributed by atoms with E-state index in [-0.39, 0.29) is 24.5 Å². The van der Waals surface area contributed by atoms with E-state index in [1.54, 1.807) is 4.90 Å². The van der Waals surface area contributed by atoms with E-state index in [2.05, 4.69) is 16.7 Å². The van der Waals surface area contributed by atoms with Crippen LogP contribution < -0.4 is 0 Å². The predicted octanol–water partition coefficient (Wildman–Crippen LogP) is 2.33. The summed E-state index contributed by atoms with van der Waals surface area (Å²) in [5.41, 5.74) is 4.31. The van der Waals surface area contributed by atoms with Crippen LogP contribution in [0.1, 0.15) is 48.8 Å². The molecular formula is C24H33N3O3. The highest BCUT2D eigenvalue weighted by Gasteiger charge is 2.45. The van der Waals surface area contributed by atoms with Crippen molar-refractivity contribution in [2.24, 2.45) is 0 Å². The molecule has 4 rings (SSSR count). The lowest BCUT2D eigenvalue weighted by molar-refractivity contribution is -0.141. The number of aryl methyl sites for hydroxylation is 2. The van der Waals surface area contributed by atoms with E-state index in [0.29, 0.717) is 30.9 Å². The third-order valence-corrected chi connectivity index (χ3v) is 6.93. The molecule has 0 bridgehead atoms. The summed E-state index contributed by atoms with van der Waals surface area (Å²) in [6.07, 6.45) is 5.17. The summed E-state index contributed by atoms with van der Waals surface area (Å²) >= 11 is 0. The lowest BCUT2D eigenvalue weighted by atomic mass is 9.94. The molecule has 1 aromatic carbocycles. The topological polar surface area (TPSA) is 64.1 Å². The molecule has 1 saturated heterocycles. The van der Waals surface area contributed by atoms with Gasteiger partial charge in [-0.1, -0.05) is 37.5 Å². The second-order valence-corrected chi connectivity index (χ2v) is 8.85. The van der Waals surface area contributed by atoms with Gasteiger partial charge in [0.25, 0.3) is 11.8 Å². The first-order valence-electron chi connectivity index (χ1n) is 11.3. The summed E-state index contributed by atoms with van der Waals surface area (Å²) in [4.78, 5) is 33.1. The van der Waals surface area contributed by atoms with Crippen molar-refractivity contribution in [3.8, 4) is 0 Å². The molecular weight excluding hydrogens is 378 g/mol. The Morgan fingerprint density at radius 3 is 2.27 bits per heavy atom. The van der Waals surface area contributed by atoms with E-state index in [0.717, 1.165) is 49.9 Å². The molecule has 1 aromatic rings. The third-order valence-electron chi connectivity index (χ3n) is 6.93. The van der Waals surface area contributed by atoms with Crippen LogP contribution in [0.15, 0.2) is 23.9 Å². The molecule has 1 saturated carbocycles. The maximum absolute atomic E-state index is 13.6. The van der Waals surface area contributed by atoms with Gasteiger partial charge in [0.2, 0.25) is 0 Å². The Balaban J connectivity index is 1.70. The number of β-amino-alcohol motifs (C(OH)–C–C–N with tert-alkyl or cyclic N) is 1. The second kappa shape index (κ2) is 8.90. The minimum Gasteiger partial charge on any atom is -0.395 e. The fourth-order valence-corrected chi connectivity index (χ4v) is 4.99. The minimum absolute atomic E-state index is 0.0217. The first kappa shape index (κ1) is 21.1. The van der Waals surface area contributed by atoms with Crippen LogP contribution in [0, 0.1) is 13.8 Å². The van der Waals surface area contributed by atoms with E-state index in [4.69, 9.17) is 0 Å². The molecule has 2 amide bonds. The number of aliphatic hydroxyl groups excluding tert-OH is 1. The van der Waals surface area contributed by atoms with Gasteiger partial charge in [0.15, 0.2) is 0 Å². The van der Waals surface area contributed by atoms with Gasteiger partial charge in [-0.25, -0.2) is 0 Å². The highest BCUT2D eigenvalue weighted by molar-refractivity contribution is 6.35. The molecule has 0 atom stereocenters. The fraction of sp³-hybridized carbons (Fsp3) is 0.583. The number of piperazine rings is 1. The maximum atomic E-state index is 13.6. The van der Waals surface area contributed by atoms with Crippen LogP contribution in [-0.2, 0) is 9.59 Å². The van der Waals surface area contributed by atoms with Crippen molar-refractivity contribution >= 4 is 17.4 Å². The Kier molecular flexibility index (Phi) is 6.25. The minimum atomic E-state index is -0.122. The second-order valence-electron chi connectivity index (χ2n) is 8.85. The summed E-state index contributed by atoms with van der Waals surface area (Å²) in [5, 5.41) is 9.22. The van der Waals surface area contributed by atoms with Crippen LogP contribution in [0.25, 0.3) is 5.57 Å². The summed E-state index contributed by atoms with van der Waals surface area (Å²) in [6.45, 7) is 7.87. The molecule has 0 aromatic heterocycles. The molecule has 0 spiro atoms. The Morgan fingerprint density at radius 1 is 0.933 bits per heavy atom. The zero-order valence-electron chi connectivity index (χ0n) is 18.2. The molecule has 0 unspecified atom stereocenters. The Labute approximate surface area is 179 Å². The number of carbonyl (C=O) groups is 2. The van der Waals surface area contributed by atoms with Gasteiger partial charge in [-0.15, -0.1) is 0 Å². The van der Waals surface area contributed by atoms with Crippen molar-refractivity contribution in [3.05, 3.63) is 40.6 Å². The number of nitrogens with zero attached hydrogens (tertiary/aromatic N) is 3. The highest BCUT2D eigenvalue weighted by Crippen LogP contribution is 2.36. The number of benzene rings is 1. The molecule has 0 radical (unpaired) electrons. The van der Waals surface area contributed by atoms with Crippen LogP contribution in [0.2, 0.25) is 0 Å². The van der Waals surface area contributed by atoms with Gasteiger partial charge in [0.1, 0.15) is 5.70 Å². The first-order valence-corrected chi connectivity index (χ1v) is 11.3. The Morgan fingerprint density at radius 2 is 1.63 bits per heavy atom. The first-order chi connectivity index (χ1) is 14.5. The van der Waals surface area contributed by atoms with E-state index in [9.17, 15) is 14.7 Å². The Hall–Kier alpha value is -2.18. The maximum Gasteiger partial charge on any atom is 0.278 e. The van der Waals surface area contributed by atoms with Crippen LogP contribution in [0.3, 0.4) is 0 Å². The molecule has 1 N–H and O–H groups in total. The summed E-state index contributed by atoms with van der Waals surface area (Å²) in [5.74, 6) is -0.237. The number of rotatable bonds is 5. The van der Waals surface area contributed by atoms with Gasteiger partial charge in [-0.05, 0) is 43.4 Å². The van der Waals surface area contributed by atoms with E-state index in [1.165, 1.54) is 12.0 Å². The SMILES string of the molecule is Cc1ccc(C2=C(N3CCN(CCO)CC3)C(=O)N(C3CCCCC3)C2=O)cc1C. The smallest absolute Gasteiger partial charge is 0.278 e. The number of aliphatic hydroxyl groups is 1. The summed E-state index contributed by atoms with van der Waals surface area (Å²) in [6, 6.07) is 6.08. The summed E-state index contributed by atoms with van der Waals surface area (Å²) in [7, 11) is 0. The average molecular weight is 412 g/mol. The van der Waals surface area contributed by atoms with Crippen LogP contribution in [0.4, 0.5) is 0 Å². The number of hydrogen-bond donors (Lipinski definition) is 1. The van der Waals surface area contributed by atoms with Crippen molar-refractivity contribution in [1.82, 2.24) is 14.7 Å². The van der Waals surface area contributed by atoms with Gasteiger partial charge in [-0.3, -0.25) is 19.4 Å². The van der Waals surface area contributed by atoms with E-state index < -0.39 is 0 Å².